The monoisotopic (exact) mass is 217 g/mol. The lowest BCUT2D eigenvalue weighted by atomic mass is 10.1. The fourth-order valence-corrected chi connectivity index (χ4v) is 2.27. The van der Waals surface area contributed by atoms with Crippen molar-refractivity contribution in [3.05, 3.63) is 35.0 Å². The molecule has 1 N–H and O–H groups in total. The van der Waals surface area contributed by atoms with Crippen molar-refractivity contribution in [2.45, 2.75) is 27.3 Å². The van der Waals surface area contributed by atoms with Crippen molar-refractivity contribution in [2.75, 3.05) is 0 Å². The number of aromatic nitrogens is 1. The normalized spacial score (nSPS) is 10.9. The molecule has 1 heterocycles. The molecule has 0 aliphatic heterocycles. The number of carbonyl (C=O) groups is 1. The van der Waals surface area contributed by atoms with Gasteiger partial charge < -0.3 is 9.67 Å². The highest BCUT2D eigenvalue weighted by Gasteiger charge is 2.16. The van der Waals surface area contributed by atoms with Crippen LogP contribution in [0.1, 0.15) is 28.5 Å². The molecule has 1 aromatic carbocycles. The van der Waals surface area contributed by atoms with Crippen molar-refractivity contribution in [3.63, 3.8) is 0 Å². The van der Waals surface area contributed by atoms with E-state index in [9.17, 15) is 9.90 Å². The zero-order chi connectivity index (χ0) is 11.9. The number of rotatable bonds is 2. The second kappa shape index (κ2) is 3.67. The summed E-state index contributed by atoms with van der Waals surface area (Å²) in [7, 11) is 0. The number of fused-ring (bicyclic) bond motifs is 1. The quantitative estimate of drug-likeness (QED) is 0.840. The van der Waals surface area contributed by atoms with Crippen LogP contribution in [0.3, 0.4) is 0 Å². The van der Waals surface area contributed by atoms with E-state index < -0.39 is 5.97 Å². The predicted octanol–water partition coefficient (Wildman–Crippen LogP) is 2.98. The zero-order valence-corrected chi connectivity index (χ0v) is 9.74. The molecular weight excluding hydrogens is 202 g/mol. The largest absolute Gasteiger partial charge is 0.478 e. The van der Waals surface area contributed by atoms with Gasteiger partial charge in [-0.2, -0.15) is 0 Å². The third-order valence-electron chi connectivity index (χ3n) is 3.20. The molecule has 0 aliphatic carbocycles. The summed E-state index contributed by atoms with van der Waals surface area (Å²) >= 11 is 0. The number of nitrogens with zero attached hydrogens (tertiary/aromatic N) is 1. The van der Waals surface area contributed by atoms with Gasteiger partial charge in [-0.25, -0.2) is 4.79 Å². The van der Waals surface area contributed by atoms with E-state index in [1.54, 1.807) is 12.1 Å². The Morgan fingerprint density at radius 2 is 2.06 bits per heavy atom. The van der Waals surface area contributed by atoms with Gasteiger partial charge in [0.15, 0.2) is 0 Å². The smallest absolute Gasteiger partial charge is 0.337 e. The Balaban J connectivity index is 2.96. The third kappa shape index (κ3) is 1.32. The Hall–Kier alpha value is -1.77. The Morgan fingerprint density at radius 3 is 2.62 bits per heavy atom. The SMILES string of the molecule is CCn1c(C)c(C)c2cccc(C(=O)O)c21. The molecular formula is C13H15NO2. The van der Waals surface area contributed by atoms with Crippen molar-refractivity contribution < 1.29 is 9.90 Å². The molecule has 0 radical (unpaired) electrons. The van der Waals surface area contributed by atoms with Gasteiger partial charge in [-0.3, -0.25) is 0 Å². The van der Waals surface area contributed by atoms with Crippen LogP contribution in [-0.2, 0) is 6.54 Å². The number of hydrogen-bond donors (Lipinski definition) is 1. The molecule has 0 aliphatic rings. The van der Waals surface area contributed by atoms with Crippen LogP contribution in [0, 0.1) is 13.8 Å². The van der Waals surface area contributed by atoms with Gasteiger partial charge in [0.25, 0.3) is 0 Å². The molecule has 0 spiro atoms. The first-order chi connectivity index (χ1) is 7.57. The number of carboxylic acid groups (broad SMARTS) is 1. The maximum atomic E-state index is 11.2. The molecule has 0 atom stereocenters. The lowest BCUT2D eigenvalue weighted by Gasteiger charge is -2.06. The van der Waals surface area contributed by atoms with Crippen LogP contribution in [-0.4, -0.2) is 15.6 Å². The van der Waals surface area contributed by atoms with Gasteiger partial charge in [0.1, 0.15) is 0 Å². The molecule has 0 amide bonds. The number of carboxylic acids is 1. The standard InChI is InChI=1S/C13H15NO2/c1-4-14-9(3)8(2)10-6-5-7-11(12(10)14)13(15)16/h5-7H,4H2,1-3H3,(H,15,16). The molecule has 84 valence electrons. The second-order valence-corrected chi connectivity index (χ2v) is 3.96. The molecule has 0 saturated carbocycles. The van der Waals surface area contributed by atoms with E-state index in [1.807, 2.05) is 26.8 Å². The maximum absolute atomic E-state index is 11.2. The summed E-state index contributed by atoms with van der Waals surface area (Å²) in [5.74, 6) is -0.863. The van der Waals surface area contributed by atoms with Crippen LogP contribution in [0.15, 0.2) is 18.2 Å². The van der Waals surface area contributed by atoms with E-state index in [1.165, 1.54) is 5.56 Å². The third-order valence-corrected chi connectivity index (χ3v) is 3.20. The molecule has 0 saturated heterocycles. The summed E-state index contributed by atoms with van der Waals surface area (Å²) in [5.41, 5.74) is 3.54. The van der Waals surface area contributed by atoms with Gasteiger partial charge in [0.2, 0.25) is 0 Å². The highest BCUT2D eigenvalue weighted by atomic mass is 16.4. The van der Waals surface area contributed by atoms with Crippen molar-refractivity contribution in [3.8, 4) is 0 Å². The highest BCUT2D eigenvalue weighted by Crippen LogP contribution is 2.27. The van der Waals surface area contributed by atoms with E-state index in [0.29, 0.717) is 5.56 Å². The van der Waals surface area contributed by atoms with E-state index >= 15 is 0 Å². The summed E-state index contributed by atoms with van der Waals surface area (Å²) in [4.78, 5) is 11.2. The first-order valence-electron chi connectivity index (χ1n) is 5.39. The van der Waals surface area contributed by atoms with E-state index in [2.05, 4.69) is 4.57 Å². The molecule has 0 bridgehead atoms. The lowest BCUT2D eigenvalue weighted by molar-refractivity contribution is 0.0698. The minimum absolute atomic E-state index is 0.385. The molecule has 0 fully saturated rings. The summed E-state index contributed by atoms with van der Waals surface area (Å²) in [6, 6.07) is 5.45. The van der Waals surface area contributed by atoms with Crippen LogP contribution in [0.2, 0.25) is 0 Å². The van der Waals surface area contributed by atoms with Crippen molar-refractivity contribution in [1.82, 2.24) is 4.57 Å². The topological polar surface area (TPSA) is 42.2 Å². The van der Waals surface area contributed by atoms with Crippen molar-refractivity contribution in [2.24, 2.45) is 0 Å². The van der Waals surface area contributed by atoms with Gasteiger partial charge in [-0.1, -0.05) is 12.1 Å². The summed E-state index contributed by atoms with van der Waals surface area (Å²) in [5, 5.41) is 10.2. The summed E-state index contributed by atoms with van der Waals surface area (Å²) in [6.07, 6.45) is 0. The van der Waals surface area contributed by atoms with Crippen LogP contribution < -0.4 is 0 Å². The molecule has 1 aromatic heterocycles. The second-order valence-electron chi connectivity index (χ2n) is 3.96. The molecule has 2 rings (SSSR count). The Labute approximate surface area is 94.3 Å². The minimum Gasteiger partial charge on any atom is -0.478 e. The average molecular weight is 217 g/mol. The van der Waals surface area contributed by atoms with Gasteiger partial charge in [-0.15, -0.1) is 0 Å². The Bertz CT molecular complexity index is 567. The predicted molar refractivity (Wildman–Crippen MR) is 64.0 cm³/mol. The molecule has 3 nitrogen and oxygen atoms in total. The fourth-order valence-electron chi connectivity index (χ4n) is 2.27. The molecule has 16 heavy (non-hydrogen) atoms. The Kier molecular flexibility index (Phi) is 2.46. The molecule has 2 aromatic rings. The van der Waals surface area contributed by atoms with Crippen LogP contribution in [0.25, 0.3) is 10.9 Å². The zero-order valence-electron chi connectivity index (χ0n) is 9.74. The summed E-state index contributed by atoms with van der Waals surface area (Å²) in [6.45, 7) is 6.89. The van der Waals surface area contributed by atoms with Crippen molar-refractivity contribution in [1.29, 1.82) is 0 Å². The molecule has 0 unspecified atom stereocenters. The lowest BCUT2D eigenvalue weighted by Crippen LogP contribution is -2.03. The first kappa shape index (κ1) is 10.7. The van der Waals surface area contributed by atoms with Crippen LogP contribution in [0.4, 0.5) is 0 Å². The number of para-hydroxylation sites is 1. The first-order valence-corrected chi connectivity index (χ1v) is 5.39. The fraction of sp³-hybridized carbons (Fsp3) is 0.308. The number of aromatic carboxylic acids is 1. The minimum atomic E-state index is -0.863. The van der Waals surface area contributed by atoms with Crippen LogP contribution >= 0.6 is 0 Å². The average Bonchev–Trinajstić information content (AvgIpc) is 2.51. The van der Waals surface area contributed by atoms with E-state index in [4.69, 9.17) is 0 Å². The van der Waals surface area contributed by atoms with Crippen LogP contribution in [0.5, 0.6) is 0 Å². The van der Waals surface area contributed by atoms with E-state index in [-0.39, 0.29) is 0 Å². The number of benzene rings is 1. The van der Waals surface area contributed by atoms with Gasteiger partial charge in [-0.05, 0) is 32.4 Å². The van der Waals surface area contributed by atoms with E-state index in [0.717, 1.165) is 23.1 Å². The highest BCUT2D eigenvalue weighted by molar-refractivity contribution is 6.03. The summed E-state index contributed by atoms with van der Waals surface area (Å²) < 4.78 is 2.06. The molecule has 3 heteroatoms. The number of hydrogen-bond acceptors (Lipinski definition) is 1. The van der Waals surface area contributed by atoms with Gasteiger partial charge in [0, 0.05) is 17.6 Å². The van der Waals surface area contributed by atoms with Crippen molar-refractivity contribution >= 4 is 16.9 Å². The Morgan fingerprint density at radius 1 is 1.38 bits per heavy atom. The van der Waals surface area contributed by atoms with Gasteiger partial charge in [0.05, 0.1) is 11.1 Å². The number of aryl methyl sites for hydroxylation is 2. The maximum Gasteiger partial charge on any atom is 0.337 e. The van der Waals surface area contributed by atoms with Gasteiger partial charge >= 0.3 is 5.97 Å².